The Morgan fingerprint density at radius 1 is 0.283 bits per heavy atom. The summed E-state index contributed by atoms with van der Waals surface area (Å²) < 4.78 is 185. The minimum absolute atomic E-state index is 0.0147. The Morgan fingerprint density at radius 2 is 0.543 bits per heavy atom. The molecule has 0 spiro atoms. The number of hydrogen-bond acceptors (Lipinski definition) is 21. The number of pyridine rings is 1. The molecule has 138 heavy (non-hydrogen) atoms. The fraction of sp³-hybridized carbons (Fsp3) is 0.260. The molecule has 0 aliphatic heterocycles. The van der Waals surface area contributed by atoms with E-state index in [1.807, 2.05) is 142 Å². The number of carbonyl (C=O) groups excluding carboxylic acids is 5. The highest BCUT2D eigenvalue weighted by molar-refractivity contribution is 5.75. The summed E-state index contributed by atoms with van der Waals surface area (Å²) in [5.74, 6) is -2.49. The number of alkyl halides is 9. The summed E-state index contributed by atoms with van der Waals surface area (Å²) in [6, 6.07) is 55.3. The maximum absolute atomic E-state index is 13.4. The van der Waals surface area contributed by atoms with Gasteiger partial charge in [-0.2, -0.15) is 39.5 Å². The van der Waals surface area contributed by atoms with Gasteiger partial charge in [-0.05, 0) is 169 Å². The Bertz CT molecular complexity index is 6500. The fourth-order valence-corrected chi connectivity index (χ4v) is 13.7. The van der Waals surface area contributed by atoms with Crippen LogP contribution in [0.5, 0.6) is 0 Å². The van der Waals surface area contributed by atoms with Gasteiger partial charge in [-0.3, -0.25) is 29.0 Å². The molecule has 0 aliphatic carbocycles. The molecule has 5 N–H and O–H groups in total. The number of carbonyl (C=O) groups is 5. The van der Waals surface area contributed by atoms with Crippen molar-refractivity contribution in [2.24, 2.45) is 0 Å². The summed E-state index contributed by atoms with van der Waals surface area (Å²) in [5, 5.41) is 53.2. The van der Waals surface area contributed by atoms with Crippen LogP contribution in [0.3, 0.4) is 0 Å². The molecule has 5 amide bonds. The summed E-state index contributed by atoms with van der Waals surface area (Å²) in [5.41, 5.74) is 8.26. The van der Waals surface area contributed by atoms with Gasteiger partial charge in [0.05, 0.1) is 16.7 Å². The van der Waals surface area contributed by atoms with Crippen molar-refractivity contribution in [3.05, 3.63) is 350 Å². The first-order valence-corrected chi connectivity index (χ1v) is 43.2. The van der Waals surface area contributed by atoms with Crippen LogP contribution in [-0.2, 0) is 93.9 Å². The van der Waals surface area contributed by atoms with Crippen LogP contribution in [0, 0.1) is 31.3 Å². The molecule has 0 aliphatic rings. The molecule has 9 aromatic carbocycles. The quantitative estimate of drug-likeness (QED) is 0.0284. The average Bonchev–Trinajstić information content (AvgIpc) is 1.32. The molecule has 26 nitrogen and oxygen atoms in total. The number of aromatic nitrogens is 11. The Balaban J connectivity index is 0.000000166. The SMILES string of the molecule is CC(=O)NC(Cc1ccc(C)cc1)c1nnc(-c2ccc(F)cc2)o1.CC(=O)NC(Cc1ccc(C)cc1)c1nnc(-c2ccncc2)o1.CCc1ccc(CC(NC(C)=O)c2nnc(-c3cc(C(F)(F)F)cc(C(F)(F)F)c3)o2)cc1.CCc1ccc(CC(NC(C)=O)c2nnc(-c3ccc(F)c(F)c3)o2)cc1.CCc1ccc(CC(NC(C)=O)c2nnc(-c3cccc(C(F)(F)F)c3)o2)cc1. The number of amides is 5. The second-order valence-corrected chi connectivity index (χ2v) is 31.7. The van der Waals surface area contributed by atoms with E-state index in [1.54, 1.807) is 36.7 Å². The lowest BCUT2D eigenvalue weighted by Crippen LogP contribution is -2.28. The van der Waals surface area contributed by atoms with Crippen LogP contribution in [0.1, 0.15) is 187 Å². The van der Waals surface area contributed by atoms with Crippen LogP contribution < -0.4 is 26.6 Å². The number of aryl methyl sites for hydroxylation is 5. The number of halogens is 12. The van der Waals surface area contributed by atoms with Crippen molar-refractivity contribution >= 4 is 29.5 Å². The highest BCUT2D eigenvalue weighted by Gasteiger charge is 2.39. The lowest BCUT2D eigenvalue weighted by Gasteiger charge is -2.14. The van der Waals surface area contributed by atoms with Crippen molar-refractivity contribution in [3.63, 3.8) is 0 Å². The number of nitrogens with one attached hydrogen (secondary N) is 5. The summed E-state index contributed by atoms with van der Waals surface area (Å²) >= 11 is 0. The Hall–Kier alpha value is -15.7. The van der Waals surface area contributed by atoms with E-state index in [2.05, 4.69) is 96.4 Å². The lowest BCUT2D eigenvalue weighted by atomic mass is 10.0. The van der Waals surface area contributed by atoms with E-state index in [9.17, 15) is 76.7 Å². The van der Waals surface area contributed by atoms with E-state index in [4.69, 9.17) is 22.1 Å². The number of nitrogens with zero attached hydrogens (tertiary/aromatic N) is 11. The molecule has 6 aromatic heterocycles. The van der Waals surface area contributed by atoms with Gasteiger partial charge >= 0.3 is 18.5 Å². The smallest absolute Gasteiger partial charge is 0.416 e. The molecule has 0 bridgehead atoms. The van der Waals surface area contributed by atoms with Crippen LogP contribution in [0.15, 0.2) is 253 Å². The number of benzene rings is 9. The van der Waals surface area contributed by atoms with Crippen LogP contribution in [0.2, 0.25) is 0 Å². The molecule has 5 unspecified atom stereocenters. The van der Waals surface area contributed by atoms with E-state index < -0.39 is 88.4 Å². The van der Waals surface area contributed by atoms with Gasteiger partial charge in [0.15, 0.2) is 11.6 Å². The predicted octanol–water partition coefficient (Wildman–Crippen LogP) is 21.0. The van der Waals surface area contributed by atoms with E-state index >= 15 is 0 Å². The third-order valence-corrected chi connectivity index (χ3v) is 20.8. The fourth-order valence-electron chi connectivity index (χ4n) is 13.7. The van der Waals surface area contributed by atoms with E-state index in [0.29, 0.717) is 61.1 Å². The maximum atomic E-state index is 13.4. The minimum Gasteiger partial charge on any atom is -0.418 e. The van der Waals surface area contributed by atoms with Crippen molar-refractivity contribution in [1.29, 1.82) is 0 Å². The zero-order valence-electron chi connectivity index (χ0n) is 76.0. The lowest BCUT2D eigenvalue weighted by molar-refractivity contribution is -0.143. The Labute approximate surface area is 783 Å². The standard InChI is InChI=1S/C22H19F6N3O2.C21H20F3N3O2.C20H19F2N3O2.C19H18FN3O2.C18H18N4O2/c1-3-13-4-6-14(7-5-13)8-18(29-12(2)32)20-31-30-19(33-20)15-9-16(21(23,24)25)11-17(10-15)22(26,27)28;1-3-14-7-9-15(10-8-14)11-18(25-13(2)28)20-27-26-19(29-20)16-5-4-6-17(12-16)21(22,23)24;1-3-13-4-6-14(7-5-13)10-18(23-12(2)26)20-25-24-19(27-20)15-8-9-16(21)17(22)11-15;1-12-3-5-14(6-4-12)11-17(21-13(2)24)19-23-22-18(25-19)15-7-9-16(20)10-8-15;1-12-3-5-14(6-4-12)11-16(20-13(2)23)18-22-21-17(24-18)15-7-9-19-10-8-15/h4-7,9-11,18H,3,8H2,1-2H3,(H,29,32);4-10,12,18H,3,11H2,1-2H3,(H,25,28);4-9,11,18H,3,10H2,1-2H3,(H,23,26);3-10,17H,11H2,1-2H3,(H,21,24);3-10,16H,11H2,1-2H3,(H,20,23). The van der Waals surface area contributed by atoms with Crippen LogP contribution >= 0.6 is 0 Å². The van der Waals surface area contributed by atoms with Gasteiger partial charge in [0, 0.05) is 107 Å². The first-order chi connectivity index (χ1) is 65.7. The van der Waals surface area contributed by atoms with E-state index in [1.165, 1.54) is 81.6 Å². The monoisotopic (exact) mass is 1910 g/mol. The highest BCUT2D eigenvalue weighted by atomic mass is 19.4. The molecule has 6 heterocycles. The molecular formula is C100H94F12N16O10. The zero-order chi connectivity index (χ0) is 99.5. The molecule has 0 fully saturated rings. The number of rotatable bonds is 28. The third-order valence-electron chi connectivity index (χ3n) is 20.8. The van der Waals surface area contributed by atoms with Gasteiger partial charge in [0.2, 0.25) is 88.4 Å². The first-order valence-electron chi connectivity index (χ1n) is 43.2. The largest absolute Gasteiger partial charge is 0.418 e. The Kier molecular flexibility index (Phi) is 35.4. The van der Waals surface area contributed by atoms with Crippen molar-refractivity contribution < 1.29 is 98.7 Å². The van der Waals surface area contributed by atoms with Gasteiger partial charge in [-0.1, -0.05) is 159 Å². The van der Waals surface area contributed by atoms with Gasteiger partial charge in [-0.15, -0.1) is 51.0 Å². The normalized spacial score (nSPS) is 12.4. The predicted molar refractivity (Wildman–Crippen MR) is 482 cm³/mol. The zero-order valence-corrected chi connectivity index (χ0v) is 76.0. The summed E-state index contributed by atoms with van der Waals surface area (Å²) in [6.07, 6.45) is -6.27. The molecule has 15 rings (SSSR count). The van der Waals surface area contributed by atoms with Crippen LogP contribution in [0.4, 0.5) is 52.7 Å². The van der Waals surface area contributed by atoms with E-state index in [0.717, 1.165) is 88.0 Å². The molecule has 15 aromatic rings. The van der Waals surface area contributed by atoms with Crippen molar-refractivity contribution in [2.75, 3.05) is 0 Å². The van der Waals surface area contributed by atoms with Gasteiger partial charge < -0.3 is 48.7 Å². The van der Waals surface area contributed by atoms with Crippen LogP contribution in [0.25, 0.3) is 57.3 Å². The van der Waals surface area contributed by atoms with Crippen LogP contribution in [-0.4, -0.2) is 85.5 Å². The maximum Gasteiger partial charge on any atom is 0.416 e. The van der Waals surface area contributed by atoms with E-state index in [-0.39, 0.29) is 94.4 Å². The summed E-state index contributed by atoms with van der Waals surface area (Å²) in [7, 11) is 0. The topological polar surface area (TPSA) is 353 Å². The van der Waals surface area contributed by atoms with Crippen molar-refractivity contribution in [2.45, 2.75) is 169 Å². The second-order valence-electron chi connectivity index (χ2n) is 31.7. The van der Waals surface area contributed by atoms with Gasteiger partial charge in [0.25, 0.3) is 0 Å². The minimum atomic E-state index is -5.01. The molecule has 718 valence electrons. The molecule has 0 radical (unpaired) electrons. The van der Waals surface area contributed by atoms with Crippen molar-refractivity contribution in [1.82, 2.24) is 82.6 Å². The van der Waals surface area contributed by atoms with Crippen molar-refractivity contribution in [3.8, 4) is 57.3 Å². The molecule has 0 saturated heterocycles. The van der Waals surface area contributed by atoms with Gasteiger partial charge in [0.1, 0.15) is 36.0 Å². The molecular weight excluding hydrogens is 1810 g/mol. The summed E-state index contributed by atoms with van der Waals surface area (Å²) in [4.78, 5) is 61.9. The molecule has 5 atom stereocenters. The highest BCUT2D eigenvalue weighted by Crippen LogP contribution is 2.40. The third kappa shape index (κ3) is 30.7. The average molecular weight is 1910 g/mol. The second kappa shape index (κ2) is 47.5. The Morgan fingerprint density at radius 3 is 0.833 bits per heavy atom. The summed E-state index contributed by atoms with van der Waals surface area (Å²) in [6.45, 7) is 17.1. The number of hydrogen-bond donors (Lipinski definition) is 5. The molecule has 38 heteroatoms. The first kappa shape index (κ1) is 103. The van der Waals surface area contributed by atoms with Gasteiger partial charge in [-0.25, -0.2) is 13.2 Å². The molecule has 0 saturated carbocycles.